The summed E-state index contributed by atoms with van der Waals surface area (Å²) in [6.07, 6.45) is 1.63. The first-order valence-electron chi connectivity index (χ1n) is 7.13. The maximum atomic E-state index is 12.5. The van der Waals surface area contributed by atoms with E-state index in [9.17, 15) is 4.79 Å². The summed E-state index contributed by atoms with van der Waals surface area (Å²) in [5, 5.41) is 8.54. The summed E-state index contributed by atoms with van der Waals surface area (Å²) in [6.45, 7) is 6.72. The van der Waals surface area contributed by atoms with Crippen LogP contribution in [0.1, 0.15) is 34.7 Å². The van der Waals surface area contributed by atoms with E-state index in [-0.39, 0.29) is 11.8 Å². The minimum atomic E-state index is 0.108. The molecule has 0 bridgehead atoms. The average molecular weight is 322 g/mol. The van der Waals surface area contributed by atoms with Crippen molar-refractivity contribution in [3.63, 3.8) is 0 Å². The van der Waals surface area contributed by atoms with Crippen molar-refractivity contribution in [3.8, 4) is 0 Å². The van der Waals surface area contributed by atoms with E-state index in [4.69, 9.17) is 4.74 Å². The standard InChI is InChI=1S/C15H22N4O2S/c1-10-6-13(12(3)19(10)11(2)7-21-5)14(20)8-22-15-17-16-9-18(15)4/h6,9,11H,7-8H2,1-5H3/t11-/m1/s1. The number of hydrogen-bond acceptors (Lipinski definition) is 5. The van der Waals surface area contributed by atoms with Gasteiger partial charge in [0, 0.05) is 31.1 Å². The zero-order valence-corrected chi connectivity index (χ0v) is 14.5. The Labute approximate surface area is 134 Å². The number of carbonyl (C=O) groups is 1. The molecule has 0 aliphatic carbocycles. The van der Waals surface area contributed by atoms with Gasteiger partial charge in [-0.1, -0.05) is 11.8 Å². The number of hydrogen-bond donors (Lipinski definition) is 0. The molecule has 6 nitrogen and oxygen atoms in total. The lowest BCUT2D eigenvalue weighted by Gasteiger charge is -2.17. The minimum absolute atomic E-state index is 0.108. The highest BCUT2D eigenvalue weighted by Gasteiger charge is 2.19. The van der Waals surface area contributed by atoms with Crippen LogP contribution in [0.5, 0.6) is 0 Å². The normalized spacial score (nSPS) is 12.6. The van der Waals surface area contributed by atoms with Crippen molar-refractivity contribution in [2.45, 2.75) is 32.0 Å². The van der Waals surface area contributed by atoms with E-state index in [0.29, 0.717) is 12.4 Å². The van der Waals surface area contributed by atoms with Crippen molar-refractivity contribution in [2.75, 3.05) is 19.5 Å². The fraction of sp³-hybridized carbons (Fsp3) is 0.533. The summed E-state index contributed by atoms with van der Waals surface area (Å²) in [6, 6.07) is 2.17. The number of ether oxygens (including phenoxy) is 1. The van der Waals surface area contributed by atoms with E-state index in [2.05, 4.69) is 21.7 Å². The van der Waals surface area contributed by atoms with Gasteiger partial charge < -0.3 is 13.9 Å². The molecule has 0 saturated carbocycles. The fourth-order valence-electron chi connectivity index (χ4n) is 2.66. The van der Waals surface area contributed by atoms with Crippen LogP contribution in [0.15, 0.2) is 17.6 Å². The van der Waals surface area contributed by atoms with Crippen LogP contribution >= 0.6 is 11.8 Å². The van der Waals surface area contributed by atoms with Gasteiger partial charge in [0.2, 0.25) is 0 Å². The zero-order valence-electron chi connectivity index (χ0n) is 13.7. The van der Waals surface area contributed by atoms with Crippen LogP contribution in [0.25, 0.3) is 0 Å². The third kappa shape index (κ3) is 3.41. The SMILES string of the molecule is COC[C@@H](C)n1c(C)cc(C(=O)CSc2nncn2C)c1C. The maximum Gasteiger partial charge on any atom is 0.191 e. The van der Waals surface area contributed by atoms with E-state index < -0.39 is 0 Å². The van der Waals surface area contributed by atoms with E-state index in [0.717, 1.165) is 22.1 Å². The Morgan fingerprint density at radius 1 is 1.45 bits per heavy atom. The Balaban J connectivity index is 2.13. The quantitative estimate of drug-likeness (QED) is 0.579. The zero-order chi connectivity index (χ0) is 16.3. The lowest BCUT2D eigenvalue weighted by atomic mass is 10.2. The van der Waals surface area contributed by atoms with Gasteiger partial charge in [0.05, 0.1) is 18.4 Å². The molecule has 7 heteroatoms. The molecule has 0 N–H and O–H groups in total. The topological polar surface area (TPSA) is 61.9 Å². The van der Waals surface area contributed by atoms with Gasteiger partial charge in [0.1, 0.15) is 6.33 Å². The van der Waals surface area contributed by atoms with Crippen molar-refractivity contribution >= 4 is 17.5 Å². The predicted molar refractivity (Wildman–Crippen MR) is 86.6 cm³/mol. The molecular formula is C15H22N4O2S. The molecule has 1 atom stereocenters. The Hall–Kier alpha value is -1.60. The number of carbonyl (C=O) groups excluding carboxylic acids is 1. The summed E-state index contributed by atoms with van der Waals surface area (Å²) < 4.78 is 9.18. The molecule has 22 heavy (non-hydrogen) atoms. The average Bonchev–Trinajstić information content (AvgIpc) is 3.00. The first kappa shape index (κ1) is 16.8. The summed E-state index contributed by atoms with van der Waals surface area (Å²) >= 11 is 1.40. The van der Waals surface area contributed by atoms with E-state index in [1.807, 2.05) is 31.5 Å². The molecule has 0 aromatic carbocycles. The van der Waals surface area contributed by atoms with Crippen LogP contribution in [0.2, 0.25) is 0 Å². The maximum absolute atomic E-state index is 12.5. The van der Waals surface area contributed by atoms with Crippen molar-refractivity contribution in [2.24, 2.45) is 7.05 Å². The number of ketones is 1. The number of Topliss-reactive ketones (excluding diaryl/α,β-unsaturated/α-hetero) is 1. The summed E-state index contributed by atoms with van der Waals surface area (Å²) in [5.74, 6) is 0.465. The van der Waals surface area contributed by atoms with Gasteiger partial charge >= 0.3 is 0 Å². The molecule has 0 spiro atoms. The molecule has 0 amide bonds. The highest BCUT2D eigenvalue weighted by atomic mass is 32.2. The Morgan fingerprint density at radius 2 is 2.18 bits per heavy atom. The van der Waals surface area contributed by atoms with Crippen LogP contribution in [0, 0.1) is 13.8 Å². The van der Waals surface area contributed by atoms with Crippen LogP contribution in [-0.2, 0) is 11.8 Å². The Bertz CT molecular complexity index is 663. The summed E-state index contributed by atoms with van der Waals surface area (Å²) in [7, 11) is 3.55. The van der Waals surface area contributed by atoms with Crippen LogP contribution < -0.4 is 0 Å². The lowest BCUT2D eigenvalue weighted by molar-refractivity contribution is 0.102. The molecular weight excluding hydrogens is 300 g/mol. The number of rotatable bonds is 7. The Kier molecular flexibility index (Phi) is 5.42. The summed E-state index contributed by atoms with van der Waals surface area (Å²) in [4.78, 5) is 12.5. The second-order valence-corrected chi connectivity index (χ2v) is 6.34. The lowest BCUT2D eigenvalue weighted by Crippen LogP contribution is -2.14. The van der Waals surface area contributed by atoms with Crippen LogP contribution in [0.4, 0.5) is 0 Å². The van der Waals surface area contributed by atoms with Gasteiger partial charge in [-0.25, -0.2) is 0 Å². The highest BCUT2D eigenvalue weighted by molar-refractivity contribution is 7.99. The number of aromatic nitrogens is 4. The second-order valence-electron chi connectivity index (χ2n) is 5.40. The Morgan fingerprint density at radius 3 is 2.77 bits per heavy atom. The van der Waals surface area contributed by atoms with Crippen molar-refractivity contribution in [1.82, 2.24) is 19.3 Å². The van der Waals surface area contributed by atoms with Gasteiger partial charge in [-0.05, 0) is 26.8 Å². The number of aryl methyl sites for hydroxylation is 2. The molecule has 0 fully saturated rings. The van der Waals surface area contributed by atoms with Crippen LogP contribution in [-0.4, -0.2) is 44.6 Å². The van der Waals surface area contributed by atoms with E-state index in [1.54, 1.807) is 13.4 Å². The van der Waals surface area contributed by atoms with Gasteiger partial charge in [-0.15, -0.1) is 10.2 Å². The van der Waals surface area contributed by atoms with E-state index in [1.165, 1.54) is 11.8 Å². The number of methoxy groups -OCH3 is 1. The summed E-state index contributed by atoms with van der Waals surface area (Å²) in [5.41, 5.74) is 2.84. The largest absolute Gasteiger partial charge is 0.383 e. The molecule has 0 aliphatic heterocycles. The van der Waals surface area contributed by atoms with E-state index >= 15 is 0 Å². The minimum Gasteiger partial charge on any atom is -0.383 e. The van der Waals surface area contributed by atoms with Gasteiger partial charge in [0.15, 0.2) is 10.9 Å². The van der Waals surface area contributed by atoms with Crippen molar-refractivity contribution < 1.29 is 9.53 Å². The molecule has 0 radical (unpaired) electrons. The fourth-order valence-corrected chi connectivity index (χ4v) is 3.44. The van der Waals surface area contributed by atoms with Crippen molar-refractivity contribution in [1.29, 1.82) is 0 Å². The highest BCUT2D eigenvalue weighted by Crippen LogP contribution is 2.23. The first-order valence-corrected chi connectivity index (χ1v) is 8.11. The monoisotopic (exact) mass is 322 g/mol. The second kappa shape index (κ2) is 7.11. The molecule has 2 aromatic rings. The molecule has 2 aromatic heterocycles. The number of nitrogens with zero attached hydrogens (tertiary/aromatic N) is 4. The molecule has 2 rings (SSSR count). The smallest absolute Gasteiger partial charge is 0.191 e. The first-order chi connectivity index (χ1) is 10.5. The predicted octanol–water partition coefficient (Wildman–Crippen LogP) is 2.42. The van der Waals surface area contributed by atoms with Gasteiger partial charge in [-0.3, -0.25) is 4.79 Å². The molecule has 0 aliphatic rings. The third-order valence-corrected chi connectivity index (χ3v) is 4.67. The van der Waals surface area contributed by atoms with Crippen molar-refractivity contribution in [3.05, 3.63) is 29.3 Å². The number of thioether (sulfide) groups is 1. The molecule has 0 unspecified atom stereocenters. The third-order valence-electron chi connectivity index (χ3n) is 3.64. The van der Waals surface area contributed by atoms with Crippen LogP contribution in [0.3, 0.4) is 0 Å². The molecule has 0 saturated heterocycles. The molecule has 120 valence electrons. The molecule has 2 heterocycles. The van der Waals surface area contributed by atoms with Gasteiger partial charge in [-0.2, -0.15) is 0 Å². The van der Waals surface area contributed by atoms with Gasteiger partial charge in [0.25, 0.3) is 0 Å².